The highest BCUT2D eigenvalue weighted by Crippen LogP contribution is 2.31. The Morgan fingerprint density at radius 3 is 2.25 bits per heavy atom. The Kier molecular flexibility index (Phi) is 5.74. The van der Waals surface area contributed by atoms with E-state index in [-0.39, 0.29) is 6.54 Å². The van der Waals surface area contributed by atoms with Crippen molar-refractivity contribution in [2.75, 3.05) is 37.6 Å². The van der Waals surface area contributed by atoms with E-state index < -0.39 is 6.43 Å². The monoisotopic (exact) mass is 414 g/mol. The van der Waals surface area contributed by atoms with Crippen molar-refractivity contribution in [3.8, 4) is 11.1 Å². The summed E-state index contributed by atoms with van der Waals surface area (Å²) in [5, 5.41) is 0.698. The third-order valence-corrected chi connectivity index (χ3v) is 5.13. The first-order valence-corrected chi connectivity index (χ1v) is 9.01. The van der Waals surface area contributed by atoms with Crippen molar-refractivity contribution in [2.24, 2.45) is 0 Å². The molecule has 1 fully saturated rings. The van der Waals surface area contributed by atoms with E-state index in [0.717, 1.165) is 34.4 Å². The zero-order valence-electron chi connectivity index (χ0n) is 13.1. The van der Waals surface area contributed by atoms with Crippen LogP contribution in [0, 0.1) is 0 Å². The summed E-state index contributed by atoms with van der Waals surface area (Å²) in [5.74, 6) is 0. The lowest BCUT2D eigenvalue weighted by molar-refractivity contribution is 0.0854. The van der Waals surface area contributed by atoms with Crippen LogP contribution in [0.4, 0.5) is 14.5 Å². The van der Waals surface area contributed by atoms with Crippen molar-refractivity contribution in [1.82, 2.24) is 4.90 Å². The smallest absolute Gasteiger partial charge is 0.251 e. The van der Waals surface area contributed by atoms with Gasteiger partial charge in [-0.25, -0.2) is 8.78 Å². The molecule has 0 aromatic heterocycles. The fourth-order valence-corrected chi connectivity index (χ4v) is 3.87. The van der Waals surface area contributed by atoms with Crippen LogP contribution >= 0.6 is 27.5 Å². The Morgan fingerprint density at radius 2 is 1.67 bits per heavy atom. The van der Waals surface area contributed by atoms with Crippen LogP contribution in [-0.4, -0.2) is 44.0 Å². The summed E-state index contributed by atoms with van der Waals surface area (Å²) >= 11 is 9.53. The zero-order valence-corrected chi connectivity index (χ0v) is 15.4. The molecule has 0 unspecified atom stereocenters. The minimum atomic E-state index is -2.26. The van der Waals surface area contributed by atoms with Crippen molar-refractivity contribution in [3.63, 3.8) is 0 Å². The van der Waals surface area contributed by atoms with E-state index in [4.69, 9.17) is 11.6 Å². The maximum Gasteiger partial charge on any atom is 0.251 e. The minimum Gasteiger partial charge on any atom is -0.369 e. The predicted octanol–water partition coefficient (Wildman–Crippen LogP) is 5.16. The number of halogens is 4. The van der Waals surface area contributed by atoms with E-state index in [1.807, 2.05) is 23.1 Å². The normalized spacial score (nSPS) is 16.0. The van der Waals surface area contributed by atoms with E-state index in [1.54, 1.807) is 0 Å². The van der Waals surface area contributed by atoms with Gasteiger partial charge in [0.15, 0.2) is 0 Å². The summed E-state index contributed by atoms with van der Waals surface area (Å²) in [6.45, 7) is 2.77. The molecule has 128 valence electrons. The molecule has 1 saturated heterocycles. The molecule has 0 radical (unpaired) electrons. The molecule has 24 heavy (non-hydrogen) atoms. The topological polar surface area (TPSA) is 6.48 Å². The largest absolute Gasteiger partial charge is 0.369 e. The van der Waals surface area contributed by atoms with Crippen molar-refractivity contribution in [3.05, 3.63) is 52.0 Å². The Hall–Kier alpha value is -1.17. The van der Waals surface area contributed by atoms with Gasteiger partial charge in [-0.3, -0.25) is 4.90 Å². The fraction of sp³-hybridized carbons (Fsp3) is 0.333. The van der Waals surface area contributed by atoms with Crippen LogP contribution in [0.1, 0.15) is 0 Å². The number of benzene rings is 2. The average molecular weight is 416 g/mol. The summed E-state index contributed by atoms with van der Waals surface area (Å²) in [4.78, 5) is 4.06. The van der Waals surface area contributed by atoms with Gasteiger partial charge in [0.1, 0.15) is 0 Å². The molecule has 2 nitrogen and oxygen atoms in total. The number of alkyl halides is 2. The average Bonchev–Trinajstić information content (AvgIpc) is 2.55. The van der Waals surface area contributed by atoms with Crippen LogP contribution in [0.5, 0.6) is 0 Å². The van der Waals surface area contributed by atoms with Crippen molar-refractivity contribution in [1.29, 1.82) is 0 Å². The van der Waals surface area contributed by atoms with E-state index in [0.29, 0.717) is 18.1 Å². The molecule has 0 atom stereocenters. The second-order valence-corrected chi connectivity index (χ2v) is 7.14. The molecule has 0 bridgehead atoms. The molecule has 0 saturated carbocycles. The zero-order chi connectivity index (χ0) is 17.1. The predicted molar refractivity (Wildman–Crippen MR) is 99.2 cm³/mol. The molecule has 0 N–H and O–H groups in total. The van der Waals surface area contributed by atoms with Gasteiger partial charge in [0.25, 0.3) is 6.43 Å². The third kappa shape index (κ3) is 4.26. The molecule has 1 aliphatic rings. The maximum absolute atomic E-state index is 12.4. The first-order chi connectivity index (χ1) is 11.5. The first-order valence-electron chi connectivity index (χ1n) is 7.84. The molecule has 3 rings (SSSR count). The molecule has 2 aromatic rings. The lowest BCUT2D eigenvalue weighted by Crippen LogP contribution is -2.47. The van der Waals surface area contributed by atoms with Crippen molar-refractivity contribution in [2.45, 2.75) is 6.43 Å². The number of hydrogen-bond acceptors (Lipinski definition) is 2. The molecular weight excluding hydrogens is 398 g/mol. The van der Waals surface area contributed by atoms with E-state index in [2.05, 4.69) is 45.1 Å². The number of rotatable bonds is 4. The van der Waals surface area contributed by atoms with Crippen molar-refractivity contribution < 1.29 is 8.78 Å². The number of piperazine rings is 1. The number of hydrogen-bond donors (Lipinski definition) is 0. The Labute approximate surface area is 154 Å². The van der Waals surface area contributed by atoms with Crippen LogP contribution in [0.2, 0.25) is 5.02 Å². The van der Waals surface area contributed by atoms with E-state index in [1.165, 1.54) is 0 Å². The Bertz CT molecular complexity index is 686. The summed E-state index contributed by atoms with van der Waals surface area (Å²) in [5.41, 5.74) is 3.33. The molecule has 2 aromatic carbocycles. The quantitative estimate of drug-likeness (QED) is 0.681. The second kappa shape index (κ2) is 7.81. The van der Waals surface area contributed by atoms with Crippen LogP contribution in [0.3, 0.4) is 0 Å². The first kappa shape index (κ1) is 17.6. The Balaban J connectivity index is 1.67. The molecule has 0 aliphatic carbocycles. The van der Waals surface area contributed by atoms with Gasteiger partial charge in [-0.05, 0) is 35.4 Å². The fourth-order valence-electron chi connectivity index (χ4n) is 2.96. The lowest BCUT2D eigenvalue weighted by atomic mass is 10.1. The molecule has 0 amide bonds. The van der Waals surface area contributed by atoms with Gasteiger partial charge in [0, 0.05) is 41.4 Å². The van der Waals surface area contributed by atoms with Gasteiger partial charge in [-0.1, -0.05) is 45.7 Å². The highest BCUT2D eigenvalue weighted by molar-refractivity contribution is 9.10. The molecule has 0 spiro atoms. The molecular formula is C18H18BrClF2N2. The number of anilines is 1. The standard InChI is InChI=1S/C18H18BrClF2N2/c19-17-11-14(20)3-6-16(17)13-1-4-15(5-2-13)24-9-7-23(8-10-24)12-18(21)22/h1-6,11,18H,7-10,12H2. The van der Waals surface area contributed by atoms with Gasteiger partial charge >= 0.3 is 0 Å². The SMILES string of the molecule is FC(F)CN1CCN(c2ccc(-c3ccc(Cl)cc3Br)cc2)CC1. The summed E-state index contributed by atoms with van der Waals surface area (Å²) in [6, 6.07) is 14.1. The van der Waals surface area contributed by atoms with E-state index >= 15 is 0 Å². The van der Waals surface area contributed by atoms with Crippen LogP contribution in [-0.2, 0) is 0 Å². The highest BCUT2D eigenvalue weighted by Gasteiger charge is 2.19. The van der Waals surface area contributed by atoms with Gasteiger partial charge in [0.05, 0.1) is 6.54 Å². The van der Waals surface area contributed by atoms with Gasteiger partial charge in [-0.2, -0.15) is 0 Å². The van der Waals surface area contributed by atoms with Crippen LogP contribution in [0.15, 0.2) is 46.9 Å². The lowest BCUT2D eigenvalue weighted by Gasteiger charge is -2.36. The summed E-state index contributed by atoms with van der Waals surface area (Å²) in [7, 11) is 0. The number of nitrogens with zero attached hydrogens (tertiary/aromatic N) is 2. The van der Waals surface area contributed by atoms with Gasteiger partial charge < -0.3 is 4.90 Å². The molecule has 1 aliphatic heterocycles. The maximum atomic E-state index is 12.4. The molecule has 6 heteroatoms. The van der Waals surface area contributed by atoms with Gasteiger partial charge in [-0.15, -0.1) is 0 Å². The summed E-state index contributed by atoms with van der Waals surface area (Å²) < 4.78 is 25.8. The third-order valence-electron chi connectivity index (χ3n) is 4.24. The van der Waals surface area contributed by atoms with Crippen LogP contribution in [0.25, 0.3) is 11.1 Å². The molecule has 1 heterocycles. The van der Waals surface area contributed by atoms with Gasteiger partial charge in [0.2, 0.25) is 0 Å². The Morgan fingerprint density at radius 1 is 1.00 bits per heavy atom. The summed E-state index contributed by atoms with van der Waals surface area (Å²) in [6.07, 6.45) is -2.26. The van der Waals surface area contributed by atoms with E-state index in [9.17, 15) is 8.78 Å². The minimum absolute atomic E-state index is 0.128. The van der Waals surface area contributed by atoms with Crippen molar-refractivity contribution >= 4 is 33.2 Å². The van der Waals surface area contributed by atoms with Crippen LogP contribution < -0.4 is 4.90 Å². The highest BCUT2D eigenvalue weighted by atomic mass is 79.9. The second-order valence-electron chi connectivity index (χ2n) is 5.85.